The average Bonchev–Trinajstić information content (AvgIpc) is 1.65. The second-order valence-corrected chi connectivity index (χ2v) is 1.70. The molecule has 0 amide bonds. The minimum Gasteiger partial charge on any atom is -0.174 e. The summed E-state index contributed by atoms with van der Waals surface area (Å²) in [7, 11) is 0. The molecule has 0 saturated heterocycles. The van der Waals surface area contributed by atoms with E-state index in [0.717, 1.165) is 5.03 Å². The first-order valence-corrected chi connectivity index (χ1v) is 2.74. The summed E-state index contributed by atoms with van der Waals surface area (Å²) in [6.07, 6.45) is 1.83. The third-order valence-corrected chi connectivity index (χ3v) is 1.34. The van der Waals surface area contributed by atoms with Crippen LogP contribution in [0.5, 0.6) is 0 Å². The summed E-state index contributed by atoms with van der Waals surface area (Å²) in [5.41, 5.74) is 0. The highest BCUT2D eigenvalue weighted by atomic mass is 35.5. The zero-order valence-electron chi connectivity index (χ0n) is 3.61. The van der Waals surface area contributed by atoms with E-state index in [4.69, 9.17) is 11.6 Å². The molecule has 0 spiro atoms. The smallest absolute Gasteiger partial charge is 0.0259 e. The van der Waals surface area contributed by atoms with Crippen molar-refractivity contribution < 1.29 is 0 Å². The van der Waals surface area contributed by atoms with Crippen LogP contribution in [0.25, 0.3) is 0 Å². The van der Waals surface area contributed by atoms with Gasteiger partial charge in [-0.05, 0) is 6.92 Å². The van der Waals surface area contributed by atoms with E-state index in [1.165, 1.54) is 0 Å². The van der Waals surface area contributed by atoms with Gasteiger partial charge in [-0.3, -0.25) is 0 Å². The fraction of sp³-hybridized carbons (Fsp3) is 0.500. The molecule has 0 aromatic carbocycles. The summed E-state index contributed by atoms with van der Waals surface area (Å²) in [6, 6.07) is 0. The molecule has 36 valence electrons. The van der Waals surface area contributed by atoms with Gasteiger partial charge in [0.05, 0.1) is 0 Å². The summed E-state index contributed by atoms with van der Waals surface area (Å²) in [5, 5.41) is 0.804. The number of allylic oxidation sites excluding steroid dienone is 1. The molecule has 0 heterocycles. The van der Waals surface area contributed by atoms with E-state index in [2.05, 4.69) is 12.6 Å². The Morgan fingerprint density at radius 1 is 2.00 bits per heavy atom. The quantitative estimate of drug-likeness (QED) is 0.506. The Bertz CT molecular complexity index is 58.6. The highest BCUT2D eigenvalue weighted by molar-refractivity contribution is 7.80. The lowest BCUT2D eigenvalue weighted by Gasteiger charge is -1.81. The largest absolute Gasteiger partial charge is 0.174 e. The molecule has 0 fully saturated rings. The Kier molecular flexibility index (Phi) is 3.79. The molecule has 0 saturated carbocycles. The fourth-order valence-electron chi connectivity index (χ4n) is 0.0913. The molecule has 0 aromatic rings. The molecule has 0 aliphatic heterocycles. The van der Waals surface area contributed by atoms with Crippen molar-refractivity contribution >= 4 is 24.2 Å². The van der Waals surface area contributed by atoms with E-state index >= 15 is 0 Å². The average molecular weight is 123 g/mol. The van der Waals surface area contributed by atoms with Crippen molar-refractivity contribution in [3.8, 4) is 0 Å². The van der Waals surface area contributed by atoms with Crippen LogP contribution >= 0.6 is 24.2 Å². The molecule has 0 atom stereocenters. The molecule has 0 radical (unpaired) electrons. The molecule has 0 rings (SSSR count). The van der Waals surface area contributed by atoms with E-state index in [-0.39, 0.29) is 0 Å². The van der Waals surface area contributed by atoms with Crippen molar-refractivity contribution in [2.45, 2.75) is 6.92 Å². The highest BCUT2D eigenvalue weighted by Gasteiger charge is 1.77. The van der Waals surface area contributed by atoms with Gasteiger partial charge in [-0.15, -0.1) is 0 Å². The number of hydrogen-bond acceptors (Lipinski definition) is 1. The molecular weight excluding hydrogens is 116 g/mol. The summed E-state index contributed by atoms with van der Waals surface area (Å²) in [5.74, 6) is 0.651. The van der Waals surface area contributed by atoms with E-state index in [1.54, 1.807) is 0 Å². The minimum absolute atomic E-state index is 0.651. The van der Waals surface area contributed by atoms with E-state index in [0.29, 0.717) is 5.75 Å². The summed E-state index contributed by atoms with van der Waals surface area (Å²) in [6.45, 7) is 1.89. The molecule has 0 aliphatic rings. The van der Waals surface area contributed by atoms with E-state index < -0.39 is 0 Å². The van der Waals surface area contributed by atoms with Crippen molar-refractivity contribution in [2.75, 3.05) is 5.75 Å². The van der Waals surface area contributed by atoms with Crippen molar-refractivity contribution in [2.24, 2.45) is 0 Å². The lowest BCUT2D eigenvalue weighted by molar-refractivity contribution is 1.61. The predicted molar refractivity (Wildman–Crippen MR) is 33.5 cm³/mol. The van der Waals surface area contributed by atoms with Gasteiger partial charge in [0.2, 0.25) is 0 Å². The van der Waals surface area contributed by atoms with Gasteiger partial charge in [0.1, 0.15) is 0 Å². The van der Waals surface area contributed by atoms with Gasteiger partial charge < -0.3 is 0 Å². The van der Waals surface area contributed by atoms with Gasteiger partial charge in [-0.1, -0.05) is 17.7 Å². The van der Waals surface area contributed by atoms with Crippen molar-refractivity contribution in [3.05, 3.63) is 11.1 Å². The molecule has 0 unspecified atom stereocenters. The molecular formula is C4H7ClS. The third-order valence-electron chi connectivity index (χ3n) is 0.464. The first kappa shape index (κ1) is 6.38. The lowest BCUT2D eigenvalue weighted by atomic mass is 10.6. The normalized spacial score (nSPS) is 12.2. The topological polar surface area (TPSA) is 0 Å². The molecule has 0 bridgehead atoms. The van der Waals surface area contributed by atoms with Crippen LogP contribution in [0.2, 0.25) is 0 Å². The zero-order chi connectivity index (χ0) is 4.99. The van der Waals surface area contributed by atoms with Crippen molar-refractivity contribution in [1.82, 2.24) is 0 Å². The number of thiol groups is 1. The number of halogens is 1. The van der Waals surface area contributed by atoms with Crippen molar-refractivity contribution in [1.29, 1.82) is 0 Å². The fourth-order valence-corrected chi connectivity index (χ4v) is 0.274. The third kappa shape index (κ3) is 2.61. The van der Waals surface area contributed by atoms with Gasteiger partial charge in [0.15, 0.2) is 0 Å². The number of hydrogen-bond donors (Lipinski definition) is 1. The Labute approximate surface area is 48.6 Å². The van der Waals surface area contributed by atoms with Crippen molar-refractivity contribution in [3.63, 3.8) is 0 Å². The molecule has 0 aromatic heterocycles. The van der Waals surface area contributed by atoms with Crippen LogP contribution in [0.4, 0.5) is 0 Å². The van der Waals surface area contributed by atoms with E-state index in [1.807, 2.05) is 13.0 Å². The Balaban J connectivity index is 3.22. The van der Waals surface area contributed by atoms with Gasteiger partial charge in [-0.25, -0.2) is 0 Å². The lowest BCUT2D eigenvalue weighted by Crippen LogP contribution is -1.65. The maximum Gasteiger partial charge on any atom is 0.0259 e. The van der Waals surface area contributed by atoms with Crippen LogP contribution in [0.15, 0.2) is 11.1 Å². The Morgan fingerprint density at radius 3 is 2.50 bits per heavy atom. The second kappa shape index (κ2) is 3.57. The van der Waals surface area contributed by atoms with Crippen LogP contribution in [0.3, 0.4) is 0 Å². The van der Waals surface area contributed by atoms with Gasteiger partial charge in [0, 0.05) is 10.8 Å². The summed E-state index contributed by atoms with van der Waals surface area (Å²) < 4.78 is 0. The van der Waals surface area contributed by atoms with Gasteiger partial charge in [-0.2, -0.15) is 12.6 Å². The van der Waals surface area contributed by atoms with Crippen LogP contribution < -0.4 is 0 Å². The maximum atomic E-state index is 5.43. The molecule has 2 heteroatoms. The second-order valence-electron chi connectivity index (χ2n) is 0.894. The van der Waals surface area contributed by atoms with Gasteiger partial charge >= 0.3 is 0 Å². The molecule has 6 heavy (non-hydrogen) atoms. The Hall–Kier alpha value is 0.380. The van der Waals surface area contributed by atoms with Crippen LogP contribution in [0, 0.1) is 0 Å². The predicted octanol–water partition coefficient (Wildman–Crippen LogP) is 2.06. The Morgan fingerprint density at radius 2 is 2.50 bits per heavy atom. The van der Waals surface area contributed by atoms with Crippen LogP contribution in [-0.2, 0) is 0 Å². The minimum atomic E-state index is 0.651. The molecule has 0 aliphatic carbocycles. The van der Waals surface area contributed by atoms with E-state index in [9.17, 15) is 0 Å². The molecule has 0 nitrogen and oxygen atoms in total. The van der Waals surface area contributed by atoms with Crippen LogP contribution in [0.1, 0.15) is 6.92 Å². The number of rotatable bonds is 1. The van der Waals surface area contributed by atoms with Crippen LogP contribution in [-0.4, -0.2) is 5.75 Å². The monoisotopic (exact) mass is 122 g/mol. The maximum absolute atomic E-state index is 5.43. The molecule has 0 N–H and O–H groups in total. The summed E-state index contributed by atoms with van der Waals surface area (Å²) in [4.78, 5) is 0. The highest BCUT2D eigenvalue weighted by Crippen LogP contribution is 2.00. The van der Waals surface area contributed by atoms with Gasteiger partial charge in [0.25, 0.3) is 0 Å². The summed E-state index contributed by atoms with van der Waals surface area (Å²) >= 11 is 9.33. The first-order chi connectivity index (χ1) is 2.81. The zero-order valence-corrected chi connectivity index (χ0v) is 5.26. The standard InChI is InChI=1S/C4H7ClS/c1-2-4(5)3-6/h2,6H,3H2,1H3/b4-2-. The SMILES string of the molecule is C/C=C(\Cl)CS. The first-order valence-electron chi connectivity index (χ1n) is 1.72.